The highest BCUT2D eigenvalue weighted by atomic mass is 16.3. The van der Waals surface area contributed by atoms with Gasteiger partial charge in [-0.25, -0.2) is 0 Å². The number of carbonyl (C=O) groups is 1. The minimum atomic E-state index is 0.106. The lowest BCUT2D eigenvalue weighted by Crippen LogP contribution is -2.42. The number of amides is 1. The normalized spacial score (nSPS) is 16.5. The van der Waals surface area contributed by atoms with E-state index in [9.17, 15) is 4.79 Å². The topological polar surface area (TPSA) is 52.6 Å². The molecule has 0 unspecified atom stereocenters. The minimum absolute atomic E-state index is 0.106. The highest BCUT2D eigenvalue weighted by molar-refractivity contribution is 5.78. The molecule has 0 atom stereocenters. The number of likely N-dealkylation sites (tertiary alicyclic amines) is 1. The van der Waals surface area contributed by atoms with E-state index in [0.29, 0.717) is 19.0 Å². The average Bonchev–Trinajstić information content (AvgIpc) is 2.50. The van der Waals surface area contributed by atoms with Crippen molar-refractivity contribution in [2.45, 2.75) is 40.0 Å². The Labute approximate surface area is 139 Å². The van der Waals surface area contributed by atoms with Gasteiger partial charge in [0, 0.05) is 13.2 Å². The molecule has 0 spiro atoms. The predicted octanol–water partition coefficient (Wildman–Crippen LogP) is 1.97. The molecule has 0 saturated carbocycles. The highest BCUT2D eigenvalue weighted by Gasteiger charge is 2.19. The second-order valence-electron chi connectivity index (χ2n) is 6.88. The molecular formula is C19H30N2O2. The van der Waals surface area contributed by atoms with E-state index in [2.05, 4.69) is 43.1 Å². The fraction of sp³-hybridized carbons (Fsp3) is 0.632. The summed E-state index contributed by atoms with van der Waals surface area (Å²) in [6.45, 7) is 9.66. The summed E-state index contributed by atoms with van der Waals surface area (Å²) in [4.78, 5) is 14.3. The SMILES string of the molecule is Cc1cc(C)c(CCNC(=O)CN2CCC(CO)CC2)c(C)c1. The molecule has 0 aliphatic carbocycles. The van der Waals surface area contributed by atoms with Gasteiger partial charge >= 0.3 is 0 Å². The van der Waals surface area contributed by atoms with Crippen LogP contribution in [-0.2, 0) is 11.2 Å². The first-order valence-electron chi connectivity index (χ1n) is 8.66. The molecule has 4 heteroatoms. The summed E-state index contributed by atoms with van der Waals surface area (Å²) in [5.74, 6) is 0.525. The number of piperidine rings is 1. The number of hydrogen-bond donors (Lipinski definition) is 2. The fourth-order valence-corrected chi connectivity index (χ4v) is 3.52. The van der Waals surface area contributed by atoms with Crippen LogP contribution >= 0.6 is 0 Å². The minimum Gasteiger partial charge on any atom is -0.396 e. The summed E-state index contributed by atoms with van der Waals surface area (Å²) in [6, 6.07) is 4.41. The Hall–Kier alpha value is -1.39. The number of carbonyl (C=O) groups excluding carboxylic acids is 1. The van der Waals surface area contributed by atoms with E-state index in [4.69, 9.17) is 5.11 Å². The van der Waals surface area contributed by atoms with Gasteiger partial charge in [-0.2, -0.15) is 0 Å². The van der Waals surface area contributed by atoms with E-state index in [-0.39, 0.29) is 12.5 Å². The van der Waals surface area contributed by atoms with E-state index in [1.165, 1.54) is 22.3 Å². The lowest BCUT2D eigenvalue weighted by molar-refractivity contribution is -0.122. The molecule has 0 radical (unpaired) electrons. The molecule has 1 amide bonds. The van der Waals surface area contributed by atoms with Crippen LogP contribution in [0.25, 0.3) is 0 Å². The fourth-order valence-electron chi connectivity index (χ4n) is 3.52. The van der Waals surface area contributed by atoms with Gasteiger partial charge in [0.05, 0.1) is 6.54 Å². The Kier molecular flexibility index (Phi) is 6.60. The summed E-state index contributed by atoms with van der Waals surface area (Å²) in [5.41, 5.74) is 5.25. The van der Waals surface area contributed by atoms with E-state index in [0.717, 1.165) is 32.4 Å². The maximum absolute atomic E-state index is 12.1. The van der Waals surface area contributed by atoms with E-state index in [1.54, 1.807) is 0 Å². The number of hydrogen-bond acceptors (Lipinski definition) is 3. The van der Waals surface area contributed by atoms with Gasteiger partial charge in [0.25, 0.3) is 0 Å². The standard InChI is InChI=1S/C19H30N2O2/c1-14-10-15(2)18(16(3)11-14)4-7-20-19(23)12-21-8-5-17(13-22)6-9-21/h10-11,17,22H,4-9,12-13H2,1-3H3,(H,20,23). The van der Waals surface area contributed by atoms with E-state index in [1.807, 2.05) is 0 Å². The summed E-state index contributed by atoms with van der Waals surface area (Å²) in [5, 5.41) is 12.2. The Morgan fingerprint density at radius 3 is 2.39 bits per heavy atom. The highest BCUT2D eigenvalue weighted by Crippen LogP contribution is 2.17. The van der Waals surface area contributed by atoms with Gasteiger partial charge in [-0.05, 0) is 75.7 Å². The smallest absolute Gasteiger partial charge is 0.234 e. The van der Waals surface area contributed by atoms with Crippen LogP contribution in [0.15, 0.2) is 12.1 Å². The Morgan fingerprint density at radius 2 is 1.83 bits per heavy atom. The van der Waals surface area contributed by atoms with Crippen LogP contribution in [0.2, 0.25) is 0 Å². The maximum atomic E-state index is 12.1. The van der Waals surface area contributed by atoms with Crippen LogP contribution in [0.3, 0.4) is 0 Å². The van der Waals surface area contributed by atoms with Gasteiger partial charge in [-0.1, -0.05) is 17.7 Å². The van der Waals surface area contributed by atoms with Crippen molar-refractivity contribution in [1.29, 1.82) is 0 Å². The number of rotatable bonds is 6. The Bertz CT molecular complexity index is 511. The van der Waals surface area contributed by atoms with Crippen LogP contribution < -0.4 is 5.32 Å². The molecule has 1 fully saturated rings. The molecule has 1 saturated heterocycles. The zero-order valence-corrected chi connectivity index (χ0v) is 14.7. The molecule has 0 bridgehead atoms. The van der Waals surface area contributed by atoms with Crippen molar-refractivity contribution in [2.24, 2.45) is 5.92 Å². The third kappa shape index (κ3) is 5.33. The maximum Gasteiger partial charge on any atom is 0.234 e. The summed E-state index contributed by atoms with van der Waals surface area (Å²) >= 11 is 0. The van der Waals surface area contributed by atoms with Crippen molar-refractivity contribution >= 4 is 5.91 Å². The van der Waals surface area contributed by atoms with Crippen molar-refractivity contribution in [2.75, 3.05) is 32.8 Å². The van der Waals surface area contributed by atoms with Gasteiger partial charge in [0.1, 0.15) is 0 Å². The number of aryl methyl sites for hydroxylation is 3. The summed E-state index contributed by atoms with van der Waals surface area (Å²) in [6.07, 6.45) is 2.87. The van der Waals surface area contributed by atoms with Crippen LogP contribution in [-0.4, -0.2) is 48.7 Å². The molecule has 1 aromatic carbocycles. The van der Waals surface area contributed by atoms with Crippen LogP contribution in [0, 0.1) is 26.7 Å². The first-order valence-corrected chi connectivity index (χ1v) is 8.66. The molecule has 1 aromatic rings. The largest absolute Gasteiger partial charge is 0.396 e. The monoisotopic (exact) mass is 318 g/mol. The van der Waals surface area contributed by atoms with Crippen LogP contribution in [0.4, 0.5) is 0 Å². The zero-order valence-electron chi connectivity index (χ0n) is 14.7. The summed E-state index contributed by atoms with van der Waals surface area (Å²) in [7, 11) is 0. The zero-order chi connectivity index (χ0) is 16.8. The number of benzene rings is 1. The Morgan fingerprint density at radius 1 is 1.22 bits per heavy atom. The van der Waals surface area contributed by atoms with Crippen molar-refractivity contribution in [1.82, 2.24) is 10.2 Å². The van der Waals surface area contributed by atoms with Gasteiger partial charge in [0.15, 0.2) is 0 Å². The first kappa shape index (κ1) is 18.0. The lowest BCUT2D eigenvalue weighted by atomic mass is 9.97. The van der Waals surface area contributed by atoms with Crippen LogP contribution in [0.5, 0.6) is 0 Å². The van der Waals surface area contributed by atoms with Crippen molar-refractivity contribution in [3.8, 4) is 0 Å². The average molecular weight is 318 g/mol. The van der Waals surface area contributed by atoms with Gasteiger partial charge in [0.2, 0.25) is 5.91 Å². The molecule has 4 nitrogen and oxygen atoms in total. The Balaban J connectivity index is 1.73. The van der Waals surface area contributed by atoms with Gasteiger partial charge in [-0.3, -0.25) is 9.69 Å². The van der Waals surface area contributed by atoms with Crippen LogP contribution in [0.1, 0.15) is 35.1 Å². The second-order valence-corrected chi connectivity index (χ2v) is 6.88. The number of aliphatic hydroxyl groups is 1. The van der Waals surface area contributed by atoms with Crippen molar-refractivity contribution < 1.29 is 9.90 Å². The third-order valence-electron chi connectivity index (χ3n) is 4.87. The quantitative estimate of drug-likeness (QED) is 0.843. The van der Waals surface area contributed by atoms with E-state index >= 15 is 0 Å². The lowest BCUT2D eigenvalue weighted by Gasteiger charge is -2.30. The number of nitrogens with one attached hydrogen (secondary N) is 1. The first-order chi connectivity index (χ1) is 11.0. The molecule has 128 valence electrons. The third-order valence-corrected chi connectivity index (χ3v) is 4.87. The molecule has 1 aliphatic rings. The predicted molar refractivity (Wildman–Crippen MR) is 93.6 cm³/mol. The molecule has 2 rings (SSSR count). The molecule has 23 heavy (non-hydrogen) atoms. The van der Waals surface area contributed by atoms with Gasteiger partial charge in [-0.15, -0.1) is 0 Å². The van der Waals surface area contributed by atoms with E-state index < -0.39 is 0 Å². The van der Waals surface area contributed by atoms with Crippen molar-refractivity contribution in [3.63, 3.8) is 0 Å². The molecule has 1 aliphatic heterocycles. The molecule has 0 aromatic heterocycles. The second kappa shape index (κ2) is 8.46. The summed E-state index contributed by atoms with van der Waals surface area (Å²) < 4.78 is 0. The number of nitrogens with zero attached hydrogens (tertiary/aromatic N) is 1. The van der Waals surface area contributed by atoms with Crippen molar-refractivity contribution in [3.05, 3.63) is 34.4 Å². The molecular weight excluding hydrogens is 288 g/mol. The van der Waals surface area contributed by atoms with Gasteiger partial charge < -0.3 is 10.4 Å². The molecule has 2 N–H and O–H groups in total. The molecule has 1 heterocycles. The number of aliphatic hydroxyl groups excluding tert-OH is 1.